The molecule has 16 heavy (non-hydrogen) atoms. The van der Waals surface area contributed by atoms with Gasteiger partial charge in [-0.25, -0.2) is 8.78 Å². The van der Waals surface area contributed by atoms with Crippen molar-refractivity contribution in [2.24, 2.45) is 7.05 Å². The van der Waals surface area contributed by atoms with Crippen LogP contribution in [0.15, 0.2) is 12.4 Å². The van der Waals surface area contributed by atoms with Gasteiger partial charge in [0.05, 0.1) is 24.5 Å². The maximum absolute atomic E-state index is 12.8. The number of nitrogens with one attached hydrogen (secondary N) is 2. The van der Waals surface area contributed by atoms with Crippen molar-refractivity contribution in [1.29, 1.82) is 0 Å². The molecule has 1 aromatic rings. The highest BCUT2D eigenvalue weighted by molar-refractivity contribution is 5.94. The number of aryl methyl sites for hydroxylation is 1. The predicted octanol–water partition coefficient (Wildman–Crippen LogP) is 0.356. The summed E-state index contributed by atoms with van der Waals surface area (Å²) >= 11 is 0. The molecule has 0 spiro atoms. The van der Waals surface area contributed by atoms with Crippen LogP contribution in [0, 0.1) is 0 Å². The first-order chi connectivity index (χ1) is 7.46. The summed E-state index contributed by atoms with van der Waals surface area (Å²) in [6, 6.07) is -0.838. The number of amides is 1. The van der Waals surface area contributed by atoms with Crippen molar-refractivity contribution in [2.75, 3.05) is 11.9 Å². The summed E-state index contributed by atoms with van der Waals surface area (Å²) in [6.07, 6.45) is 2.61. The van der Waals surface area contributed by atoms with Crippen molar-refractivity contribution in [1.82, 2.24) is 15.1 Å². The Bertz CT molecular complexity index is 404. The zero-order valence-electron chi connectivity index (χ0n) is 8.70. The number of rotatable bonds is 2. The molecule has 1 saturated heterocycles. The molecule has 1 atom stereocenters. The summed E-state index contributed by atoms with van der Waals surface area (Å²) in [5.41, 5.74) is 0.504. The molecule has 2 N–H and O–H groups in total. The second-order valence-electron chi connectivity index (χ2n) is 3.89. The monoisotopic (exact) mass is 230 g/mol. The Morgan fingerprint density at radius 2 is 2.50 bits per heavy atom. The minimum absolute atomic E-state index is 0.446. The third-order valence-electron chi connectivity index (χ3n) is 2.40. The van der Waals surface area contributed by atoms with Crippen molar-refractivity contribution >= 4 is 11.6 Å². The second-order valence-corrected chi connectivity index (χ2v) is 3.89. The molecule has 1 unspecified atom stereocenters. The van der Waals surface area contributed by atoms with E-state index in [2.05, 4.69) is 15.7 Å². The number of nitrogens with zero attached hydrogens (tertiary/aromatic N) is 2. The zero-order chi connectivity index (χ0) is 11.8. The molecule has 88 valence electrons. The van der Waals surface area contributed by atoms with Crippen LogP contribution in [-0.2, 0) is 11.8 Å². The van der Waals surface area contributed by atoms with Crippen molar-refractivity contribution in [3.63, 3.8) is 0 Å². The molecule has 0 aromatic carbocycles. The van der Waals surface area contributed by atoms with Gasteiger partial charge in [0.1, 0.15) is 0 Å². The Kier molecular flexibility index (Phi) is 2.63. The topological polar surface area (TPSA) is 59.0 Å². The van der Waals surface area contributed by atoms with Gasteiger partial charge in [-0.05, 0) is 0 Å². The van der Waals surface area contributed by atoms with Gasteiger partial charge >= 0.3 is 0 Å². The fourth-order valence-electron chi connectivity index (χ4n) is 1.62. The van der Waals surface area contributed by atoms with Crippen LogP contribution in [-0.4, -0.2) is 34.2 Å². The van der Waals surface area contributed by atoms with Crippen LogP contribution >= 0.6 is 0 Å². The minimum Gasteiger partial charge on any atom is -0.322 e. The number of carbonyl (C=O) groups is 1. The van der Waals surface area contributed by atoms with Crippen LogP contribution in [0.2, 0.25) is 0 Å². The van der Waals surface area contributed by atoms with E-state index in [0.717, 1.165) is 0 Å². The third kappa shape index (κ3) is 2.35. The molecule has 1 aliphatic heterocycles. The van der Waals surface area contributed by atoms with Crippen molar-refractivity contribution in [2.45, 2.75) is 18.4 Å². The average Bonchev–Trinajstić information content (AvgIpc) is 2.72. The van der Waals surface area contributed by atoms with Gasteiger partial charge in [-0.15, -0.1) is 0 Å². The molecule has 1 amide bonds. The summed E-state index contributed by atoms with van der Waals surface area (Å²) in [5.74, 6) is -3.25. The Morgan fingerprint density at radius 1 is 1.75 bits per heavy atom. The number of hydrogen-bond donors (Lipinski definition) is 2. The standard InChI is InChI=1S/C9H12F2N4O/c1-15-4-6(3-13-15)14-8(16)7-2-9(10,11)5-12-7/h3-4,7,12H,2,5H2,1H3,(H,14,16). The molecule has 1 fully saturated rings. The maximum atomic E-state index is 12.8. The van der Waals surface area contributed by atoms with E-state index in [0.29, 0.717) is 5.69 Å². The zero-order valence-corrected chi connectivity index (χ0v) is 8.70. The molecule has 0 saturated carbocycles. The van der Waals surface area contributed by atoms with E-state index in [4.69, 9.17) is 0 Å². The number of anilines is 1. The number of aromatic nitrogens is 2. The summed E-state index contributed by atoms with van der Waals surface area (Å²) in [6.45, 7) is -0.446. The van der Waals surface area contributed by atoms with E-state index in [9.17, 15) is 13.6 Å². The summed E-state index contributed by atoms with van der Waals surface area (Å²) in [7, 11) is 1.71. The molecule has 5 nitrogen and oxygen atoms in total. The van der Waals surface area contributed by atoms with E-state index < -0.39 is 30.8 Å². The van der Waals surface area contributed by atoms with Crippen molar-refractivity contribution in [3.8, 4) is 0 Å². The molecule has 1 aliphatic rings. The molecular weight excluding hydrogens is 218 g/mol. The lowest BCUT2D eigenvalue weighted by Gasteiger charge is -2.09. The Balaban J connectivity index is 1.94. The quantitative estimate of drug-likeness (QED) is 0.771. The van der Waals surface area contributed by atoms with Gasteiger partial charge in [0.2, 0.25) is 5.91 Å². The van der Waals surface area contributed by atoms with E-state index >= 15 is 0 Å². The summed E-state index contributed by atoms with van der Waals surface area (Å²) < 4.78 is 27.2. The van der Waals surface area contributed by atoms with E-state index in [1.54, 1.807) is 13.2 Å². The molecule has 1 aromatic heterocycles. The van der Waals surface area contributed by atoms with Crippen molar-refractivity contribution in [3.05, 3.63) is 12.4 Å². The van der Waals surface area contributed by atoms with Gasteiger partial charge in [-0.1, -0.05) is 0 Å². The molecule has 0 radical (unpaired) electrons. The molecule has 2 heterocycles. The first-order valence-corrected chi connectivity index (χ1v) is 4.87. The largest absolute Gasteiger partial charge is 0.322 e. The van der Waals surface area contributed by atoms with E-state index in [-0.39, 0.29) is 0 Å². The Labute approximate surface area is 90.8 Å². The molecule has 0 bridgehead atoms. The number of halogens is 2. The molecule has 2 rings (SSSR count). The van der Waals surface area contributed by atoms with Crippen LogP contribution in [0.3, 0.4) is 0 Å². The summed E-state index contributed by atoms with van der Waals surface area (Å²) in [5, 5.41) is 8.87. The normalized spacial score (nSPS) is 23.3. The highest BCUT2D eigenvalue weighted by Gasteiger charge is 2.42. The number of carbonyl (C=O) groups excluding carboxylic acids is 1. The van der Waals surface area contributed by atoms with Gasteiger partial charge in [0.25, 0.3) is 5.92 Å². The van der Waals surface area contributed by atoms with Crippen LogP contribution in [0.25, 0.3) is 0 Å². The van der Waals surface area contributed by atoms with Gasteiger partial charge in [-0.2, -0.15) is 5.10 Å². The van der Waals surface area contributed by atoms with Crippen molar-refractivity contribution < 1.29 is 13.6 Å². The van der Waals surface area contributed by atoms with Gasteiger partial charge in [-0.3, -0.25) is 14.8 Å². The van der Waals surface area contributed by atoms with E-state index in [1.807, 2.05) is 0 Å². The van der Waals surface area contributed by atoms with Gasteiger partial charge in [0, 0.05) is 19.7 Å². The fraction of sp³-hybridized carbons (Fsp3) is 0.556. The fourth-order valence-corrected chi connectivity index (χ4v) is 1.62. The van der Waals surface area contributed by atoms with Crippen LogP contribution in [0.5, 0.6) is 0 Å². The van der Waals surface area contributed by atoms with E-state index in [1.165, 1.54) is 10.9 Å². The number of hydrogen-bond acceptors (Lipinski definition) is 3. The van der Waals surface area contributed by atoms with Crippen LogP contribution in [0.4, 0.5) is 14.5 Å². The lowest BCUT2D eigenvalue weighted by molar-refractivity contribution is -0.118. The first-order valence-electron chi connectivity index (χ1n) is 4.87. The SMILES string of the molecule is Cn1cc(NC(=O)C2CC(F)(F)CN2)cn1. The lowest BCUT2D eigenvalue weighted by Crippen LogP contribution is -2.35. The van der Waals surface area contributed by atoms with Crippen LogP contribution < -0.4 is 10.6 Å². The predicted molar refractivity (Wildman–Crippen MR) is 53.2 cm³/mol. The first kappa shape index (κ1) is 11.0. The highest BCUT2D eigenvalue weighted by Crippen LogP contribution is 2.25. The highest BCUT2D eigenvalue weighted by atomic mass is 19.3. The average molecular weight is 230 g/mol. The molecular formula is C9H12F2N4O. The van der Waals surface area contributed by atoms with Gasteiger partial charge in [0.15, 0.2) is 0 Å². The Morgan fingerprint density at radius 3 is 3.00 bits per heavy atom. The Hall–Kier alpha value is -1.50. The smallest absolute Gasteiger partial charge is 0.262 e. The molecule has 0 aliphatic carbocycles. The molecule has 7 heteroatoms. The maximum Gasteiger partial charge on any atom is 0.262 e. The lowest BCUT2D eigenvalue weighted by atomic mass is 10.2. The number of alkyl halides is 2. The summed E-state index contributed by atoms with van der Waals surface area (Å²) in [4.78, 5) is 11.6. The minimum atomic E-state index is -2.79. The second kappa shape index (κ2) is 3.82. The van der Waals surface area contributed by atoms with Gasteiger partial charge < -0.3 is 5.32 Å². The van der Waals surface area contributed by atoms with Crippen LogP contribution in [0.1, 0.15) is 6.42 Å². The third-order valence-corrected chi connectivity index (χ3v) is 2.40.